The number of aryl methyl sites for hydroxylation is 1. The minimum absolute atomic E-state index is 0.0166. The van der Waals surface area contributed by atoms with Gasteiger partial charge in [-0.2, -0.15) is 4.98 Å². The van der Waals surface area contributed by atoms with Crippen molar-refractivity contribution < 1.29 is 32.4 Å². The number of imide groups is 2. The van der Waals surface area contributed by atoms with E-state index in [9.17, 15) is 32.4 Å². The number of carbonyl (C=O) groups is 5. The standard InChI is InChI=1S/C46H57N11O7S/c1-30-28-49-45(53-41(30)50-33-10-9-11-35(26-33)65(63,64)54-46(2,3)4)51-31-12-15-34(16-13-31)56-24-22-55(23-25-56)29-40(59)48-21-8-6-5-7-20-47-32-14-17-36-37(27-32)44(62)57(43(36)61)38-18-19-39(58)52-42(38)60/h9-17,26-28,38,47,54H,5-8,18-25,29H2,1-4H3,(H,48,59)(H,52,58,60)(H2,49,50,51,53). The lowest BCUT2D eigenvalue weighted by Crippen LogP contribution is -2.54. The molecule has 4 heterocycles. The van der Waals surface area contributed by atoms with Crippen molar-refractivity contribution in [1.29, 1.82) is 0 Å². The Hall–Kier alpha value is -6.44. The molecule has 6 N–H and O–H groups in total. The van der Waals surface area contributed by atoms with E-state index in [2.05, 4.69) is 51.1 Å². The van der Waals surface area contributed by atoms with Crippen LogP contribution in [0.4, 0.5) is 34.5 Å². The van der Waals surface area contributed by atoms with Crippen molar-refractivity contribution >= 4 is 74.1 Å². The van der Waals surface area contributed by atoms with E-state index in [0.717, 1.165) is 73.7 Å². The molecule has 1 atom stereocenters. The van der Waals surface area contributed by atoms with Gasteiger partial charge in [-0.3, -0.25) is 39.1 Å². The van der Waals surface area contributed by atoms with Crippen molar-refractivity contribution in [2.45, 2.75) is 82.7 Å². The fraction of sp³-hybridized carbons (Fsp3) is 0.413. The van der Waals surface area contributed by atoms with E-state index < -0.39 is 45.2 Å². The van der Waals surface area contributed by atoms with Crippen molar-refractivity contribution in [3.05, 3.63) is 89.6 Å². The van der Waals surface area contributed by atoms with Crippen molar-refractivity contribution in [3.63, 3.8) is 0 Å². The fourth-order valence-electron chi connectivity index (χ4n) is 7.92. The number of nitrogens with zero attached hydrogens (tertiary/aromatic N) is 5. The maximum atomic E-state index is 13.1. The summed E-state index contributed by atoms with van der Waals surface area (Å²) in [5, 5.41) is 15.1. The van der Waals surface area contributed by atoms with Crippen LogP contribution < -0.4 is 36.2 Å². The van der Waals surface area contributed by atoms with E-state index in [1.807, 2.05) is 31.2 Å². The molecule has 2 saturated heterocycles. The SMILES string of the molecule is Cc1cnc(Nc2ccc(N3CCN(CC(=O)NCCCCCCNc4ccc5c(c4)C(=O)N(C4CCC(=O)NC4=O)C5=O)CC3)cc2)nc1Nc1cccc(S(=O)(=O)NC(C)(C)C)c1. The molecule has 3 aromatic carbocycles. The number of rotatable bonds is 18. The maximum Gasteiger partial charge on any atom is 0.262 e. The lowest BCUT2D eigenvalue weighted by Gasteiger charge is -2.35. The quantitative estimate of drug-likeness (QED) is 0.0590. The predicted molar refractivity (Wildman–Crippen MR) is 248 cm³/mol. The Morgan fingerprint density at radius 3 is 2.25 bits per heavy atom. The van der Waals surface area contributed by atoms with Crippen LogP contribution in [-0.4, -0.2) is 115 Å². The zero-order valence-corrected chi connectivity index (χ0v) is 38.0. The van der Waals surface area contributed by atoms with Crippen LogP contribution >= 0.6 is 0 Å². The van der Waals surface area contributed by atoms with Gasteiger partial charge in [0.1, 0.15) is 11.9 Å². The number of unbranched alkanes of at least 4 members (excludes halogenated alkanes) is 3. The van der Waals surface area contributed by atoms with Crippen molar-refractivity contribution in [2.24, 2.45) is 0 Å². The first-order chi connectivity index (χ1) is 31.0. The molecule has 1 unspecified atom stereocenters. The van der Waals surface area contributed by atoms with Crippen molar-refractivity contribution in [1.82, 2.24) is 35.1 Å². The van der Waals surface area contributed by atoms with Gasteiger partial charge in [0.05, 0.1) is 22.6 Å². The molecule has 7 rings (SSSR count). The summed E-state index contributed by atoms with van der Waals surface area (Å²) in [4.78, 5) is 77.3. The highest BCUT2D eigenvalue weighted by atomic mass is 32.2. The molecule has 0 spiro atoms. The summed E-state index contributed by atoms with van der Waals surface area (Å²) < 4.78 is 28.5. The number of carbonyl (C=O) groups excluding carboxylic acids is 5. The van der Waals surface area contributed by atoms with E-state index in [1.165, 1.54) is 0 Å². The minimum Gasteiger partial charge on any atom is -0.385 e. The van der Waals surface area contributed by atoms with Gasteiger partial charge in [0.25, 0.3) is 11.8 Å². The first-order valence-corrected chi connectivity index (χ1v) is 23.5. The Morgan fingerprint density at radius 2 is 1.52 bits per heavy atom. The average molecular weight is 908 g/mol. The second-order valence-corrected chi connectivity index (χ2v) is 19.2. The van der Waals surface area contributed by atoms with E-state index in [4.69, 9.17) is 0 Å². The molecule has 4 aromatic rings. The van der Waals surface area contributed by atoms with Gasteiger partial charge in [-0.05, 0) is 108 Å². The summed E-state index contributed by atoms with van der Waals surface area (Å²) >= 11 is 0. The zero-order valence-electron chi connectivity index (χ0n) is 37.2. The molecule has 19 heteroatoms. The fourth-order valence-corrected chi connectivity index (χ4v) is 9.39. The Balaban J connectivity index is 0.771. The van der Waals surface area contributed by atoms with Crippen LogP contribution in [0.1, 0.15) is 85.6 Å². The van der Waals surface area contributed by atoms with Gasteiger partial charge in [0.15, 0.2) is 0 Å². The van der Waals surface area contributed by atoms with Crippen molar-refractivity contribution in [2.75, 3.05) is 66.7 Å². The largest absolute Gasteiger partial charge is 0.385 e. The molecular formula is C46H57N11O7S. The van der Waals surface area contributed by atoms with Gasteiger partial charge in [-0.15, -0.1) is 0 Å². The lowest BCUT2D eigenvalue weighted by atomic mass is 10.0. The Labute approximate surface area is 379 Å². The van der Waals surface area contributed by atoms with Gasteiger partial charge in [0, 0.05) is 85.7 Å². The third-order valence-electron chi connectivity index (χ3n) is 11.2. The van der Waals surface area contributed by atoms with E-state index in [1.54, 1.807) is 69.4 Å². The summed E-state index contributed by atoms with van der Waals surface area (Å²) in [6.07, 6.45) is 5.54. The Morgan fingerprint density at radius 1 is 0.815 bits per heavy atom. The molecular weight excluding hydrogens is 851 g/mol. The number of sulfonamides is 1. The second-order valence-electron chi connectivity index (χ2n) is 17.6. The van der Waals surface area contributed by atoms with Gasteiger partial charge < -0.3 is 26.2 Å². The Bertz CT molecular complexity index is 2540. The maximum absolute atomic E-state index is 13.1. The van der Waals surface area contributed by atoms with Crippen LogP contribution in [0.2, 0.25) is 0 Å². The van der Waals surface area contributed by atoms with Crippen LogP contribution in [0, 0.1) is 6.92 Å². The van der Waals surface area contributed by atoms with Crippen LogP contribution in [0.25, 0.3) is 0 Å². The molecule has 3 aliphatic rings. The molecule has 3 aliphatic heterocycles. The molecule has 18 nitrogen and oxygen atoms in total. The topological polar surface area (TPSA) is 227 Å². The van der Waals surface area contributed by atoms with E-state index >= 15 is 0 Å². The minimum atomic E-state index is -3.71. The number of anilines is 6. The third kappa shape index (κ3) is 12.0. The first kappa shape index (κ1) is 46.5. The van der Waals surface area contributed by atoms with Crippen LogP contribution in [-0.2, 0) is 24.4 Å². The first-order valence-electron chi connectivity index (χ1n) is 22.0. The molecule has 1 aromatic heterocycles. The van der Waals surface area contributed by atoms with E-state index in [-0.39, 0.29) is 34.8 Å². The zero-order chi connectivity index (χ0) is 46.3. The number of amides is 5. The molecule has 0 bridgehead atoms. The average Bonchev–Trinajstić information content (AvgIpc) is 3.50. The molecule has 344 valence electrons. The number of piperidine rings is 1. The van der Waals surface area contributed by atoms with Crippen LogP contribution in [0.5, 0.6) is 0 Å². The summed E-state index contributed by atoms with van der Waals surface area (Å²) in [5.74, 6) is -1.14. The monoisotopic (exact) mass is 907 g/mol. The molecule has 65 heavy (non-hydrogen) atoms. The summed E-state index contributed by atoms with van der Waals surface area (Å²) in [6, 6.07) is 18.6. The molecule has 0 aliphatic carbocycles. The smallest absolute Gasteiger partial charge is 0.262 e. The number of fused-ring (bicyclic) bond motifs is 1. The lowest BCUT2D eigenvalue weighted by molar-refractivity contribution is -0.136. The highest BCUT2D eigenvalue weighted by Crippen LogP contribution is 2.30. The summed E-state index contributed by atoms with van der Waals surface area (Å²) in [6.45, 7) is 12.0. The molecule has 0 radical (unpaired) electrons. The normalized spacial score (nSPS) is 16.9. The van der Waals surface area contributed by atoms with Crippen LogP contribution in [0.15, 0.2) is 77.8 Å². The summed E-state index contributed by atoms with van der Waals surface area (Å²) in [5.41, 5.74) is 3.85. The highest BCUT2D eigenvalue weighted by Gasteiger charge is 2.44. The highest BCUT2D eigenvalue weighted by molar-refractivity contribution is 7.89. The number of hydrogen-bond acceptors (Lipinski definition) is 14. The third-order valence-corrected chi connectivity index (χ3v) is 13.0. The van der Waals surface area contributed by atoms with Gasteiger partial charge >= 0.3 is 0 Å². The van der Waals surface area contributed by atoms with Gasteiger partial charge in [0.2, 0.25) is 33.7 Å². The number of piperazine rings is 1. The number of nitrogens with one attached hydrogen (secondary N) is 6. The second kappa shape index (κ2) is 20.2. The number of benzene rings is 3. The number of hydrogen-bond donors (Lipinski definition) is 6. The van der Waals surface area contributed by atoms with E-state index in [0.29, 0.717) is 42.8 Å². The predicted octanol–water partition coefficient (Wildman–Crippen LogP) is 4.66. The Kier molecular flexibility index (Phi) is 14.4. The molecule has 0 saturated carbocycles. The molecule has 5 amide bonds. The summed E-state index contributed by atoms with van der Waals surface area (Å²) in [7, 11) is -3.71. The van der Waals surface area contributed by atoms with Crippen molar-refractivity contribution in [3.8, 4) is 0 Å². The van der Waals surface area contributed by atoms with Gasteiger partial charge in [-0.1, -0.05) is 18.9 Å². The number of aromatic nitrogens is 2. The molecule has 2 fully saturated rings. The van der Waals surface area contributed by atoms with Crippen LogP contribution in [0.3, 0.4) is 0 Å². The van der Waals surface area contributed by atoms with Gasteiger partial charge in [-0.25, -0.2) is 18.1 Å².